The summed E-state index contributed by atoms with van der Waals surface area (Å²) < 4.78 is 0. The molecule has 21 heavy (non-hydrogen) atoms. The van der Waals surface area contributed by atoms with Crippen LogP contribution in [0.3, 0.4) is 0 Å². The summed E-state index contributed by atoms with van der Waals surface area (Å²) in [7, 11) is 0. The van der Waals surface area contributed by atoms with E-state index in [0.717, 1.165) is 28.4 Å². The summed E-state index contributed by atoms with van der Waals surface area (Å²) in [6.45, 7) is 7.72. The molecule has 2 rings (SSSR count). The van der Waals surface area contributed by atoms with Crippen LogP contribution in [-0.4, -0.2) is 24.2 Å². The first-order valence-electron chi connectivity index (χ1n) is 7.91. The molecule has 1 aliphatic rings. The van der Waals surface area contributed by atoms with Crippen molar-refractivity contribution < 1.29 is 0 Å². The molecule has 0 atom stereocenters. The van der Waals surface area contributed by atoms with Crippen molar-refractivity contribution in [3.8, 4) is 0 Å². The summed E-state index contributed by atoms with van der Waals surface area (Å²) in [5.41, 5.74) is 7.99. The van der Waals surface area contributed by atoms with Gasteiger partial charge in [-0.2, -0.15) is 0 Å². The van der Waals surface area contributed by atoms with E-state index < -0.39 is 0 Å². The maximum Gasteiger partial charge on any atom is 0.126 e. The van der Waals surface area contributed by atoms with Gasteiger partial charge in [-0.3, -0.25) is 5.41 Å². The monoisotopic (exact) mass is 305 g/mol. The predicted molar refractivity (Wildman–Crippen MR) is 93.7 cm³/mol. The van der Waals surface area contributed by atoms with Crippen molar-refractivity contribution in [2.75, 3.05) is 17.2 Å². The van der Waals surface area contributed by atoms with Crippen LogP contribution in [0.5, 0.6) is 0 Å². The number of amidine groups is 1. The molecule has 3 N–H and O–H groups in total. The number of nitrogens with one attached hydrogen (secondary N) is 1. The Labute approximate surface area is 132 Å². The fourth-order valence-electron chi connectivity index (χ4n) is 2.59. The van der Waals surface area contributed by atoms with Crippen molar-refractivity contribution in [2.45, 2.75) is 51.0 Å². The first-order chi connectivity index (χ1) is 10.0. The lowest BCUT2D eigenvalue weighted by Gasteiger charge is -2.28. The summed E-state index contributed by atoms with van der Waals surface area (Å²) in [6.07, 6.45) is 3.71. The number of thioether (sulfide) groups is 1. The average Bonchev–Trinajstić information content (AvgIpc) is 3.23. The molecule has 0 unspecified atom stereocenters. The normalized spacial score (nSPS) is 14.5. The molecular weight excluding hydrogens is 278 g/mol. The van der Waals surface area contributed by atoms with E-state index in [1.165, 1.54) is 19.3 Å². The van der Waals surface area contributed by atoms with Gasteiger partial charge in [0.15, 0.2) is 0 Å². The van der Waals surface area contributed by atoms with Crippen LogP contribution in [0.15, 0.2) is 23.1 Å². The highest BCUT2D eigenvalue weighted by Gasteiger charge is 2.31. The molecule has 0 bridgehead atoms. The third kappa shape index (κ3) is 4.16. The zero-order valence-electron chi connectivity index (χ0n) is 13.4. The molecule has 1 aromatic carbocycles. The molecule has 4 heteroatoms. The van der Waals surface area contributed by atoms with Crippen molar-refractivity contribution in [1.82, 2.24) is 0 Å². The van der Waals surface area contributed by atoms with Gasteiger partial charge in [0, 0.05) is 23.2 Å². The number of hydrogen-bond acceptors (Lipinski definition) is 3. The second-order valence-electron chi connectivity index (χ2n) is 6.10. The van der Waals surface area contributed by atoms with Crippen molar-refractivity contribution in [2.24, 2.45) is 11.7 Å². The van der Waals surface area contributed by atoms with Gasteiger partial charge in [-0.05, 0) is 43.1 Å². The second-order valence-corrected chi connectivity index (χ2v) is 7.41. The van der Waals surface area contributed by atoms with Gasteiger partial charge in [0.1, 0.15) is 5.84 Å². The first kappa shape index (κ1) is 16.2. The van der Waals surface area contributed by atoms with Crippen LogP contribution in [0.4, 0.5) is 5.69 Å². The number of nitrogen functional groups attached to an aromatic ring is 1. The van der Waals surface area contributed by atoms with Crippen molar-refractivity contribution in [3.63, 3.8) is 0 Å². The van der Waals surface area contributed by atoms with Gasteiger partial charge in [-0.15, -0.1) is 11.8 Å². The van der Waals surface area contributed by atoms with Crippen LogP contribution in [0, 0.1) is 11.3 Å². The molecule has 0 amide bonds. The summed E-state index contributed by atoms with van der Waals surface area (Å²) in [4.78, 5) is 3.62. The van der Waals surface area contributed by atoms with Crippen molar-refractivity contribution in [1.29, 1.82) is 5.41 Å². The van der Waals surface area contributed by atoms with E-state index in [-0.39, 0.29) is 5.84 Å². The Balaban J connectivity index is 2.34. The molecule has 0 aliphatic heterocycles. The van der Waals surface area contributed by atoms with Gasteiger partial charge in [-0.25, -0.2) is 0 Å². The van der Waals surface area contributed by atoms with E-state index in [1.54, 1.807) is 11.8 Å². The van der Waals surface area contributed by atoms with E-state index >= 15 is 0 Å². The highest BCUT2D eigenvalue weighted by molar-refractivity contribution is 7.99. The Morgan fingerprint density at radius 2 is 2.14 bits per heavy atom. The Kier molecular flexibility index (Phi) is 5.57. The zero-order valence-corrected chi connectivity index (χ0v) is 14.2. The van der Waals surface area contributed by atoms with Gasteiger partial charge >= 0.3 is 0 Å². The van der Waals surface area contributed by atoms with Crippen LogP contribution in [0.2, 0.25) is 0 Å². The Morgan fingerprint density at radius 3 is 2.67 bits per heavy atom. The van der Waals surface area contributed by atoms with E-state index in [9.17, 15) is 0 Å². The molecule has 3 nitrogen and oxygen atoms in total. The van der Waals surface area contributed by atoms with Crippen molar-refractivity contribution >= 4 is 23.3 Å². The lowest BCUT2D eigenvalue weighted by molar-refractivity contribution is 0.570. The quantitative estimate of drug-likeness (QED) is 0.432. The third-order valence-electron chi connectivity index (χ3n) is 3.82. The SMILES string of the molecule is CCSc1cccc(N(CCC(C)C)C2CC2)c1C(=N)N. The standard InChI is InChI=1S/C17H27N3S/c1-4-21-15-7-5-6-14(16(15)17(18)19)20(13-8-9-13)11-10-12(2)3/h5-7,12-13H,4,8-11H2,1-3H3,(H3,18,19). The molecule has 0 radical (unpaired) electrons. The zero-order chi connectivity index (χ0) is 15.4. The van der Waals surface area contributed by atoms with E-state index in [0.29, 0.717) is 12.0 Å². The van der Waals surface area contributed by atoms with Crippen molar-refractivity contribution in [3.05, 3.63) is 23.8 Å². The predicted octanol–water partition coefficient (Wildman–Crippen LogP) is 4.10. The maximum absolute atomic E-state index is 8.00. The van der Waals surface area contributed by atoms with Crippen LogP contribution in [0.1, 0.15) is 45.6 Å². The van der Waals surface area contributed by atoms with Crippen LogP contribution in [-0.2, 0) is 0 Å². The fraction of sp³-hybridized carbons (Fsp3) is 0.588. The number of rotatable bonds is 8. The molecule has 1 fully saturated rings. The van der Waals surface area contributed by atoms with Crippen LogP contribution >= 0.6 is 11.8 Å². The van der Waals surface area contributed by atoms with Gasteiger partial charge < -0.3 is 10.6 Å². The molecule has 1 aromatic rings. The molecule has 0 saturated heterocycles. The molecule has 0 spiro atoms. The highest BCUT2D eigenvalue weighted by Crippen LogP contribution is 2.37. The minimum absolute atomic E-state index is 0.191. The first-order valence-corrected chi connectivity index (χ1v) is 8.90. The molecule has 0 heterocycles. The molecular formula is C17H27N3S. The number of nitrogens with zero attached hydrogens (tertiary/aromatic N) is 1. The summed E-state index contributed by atoms with van der Waals surface area (Å²) in [6, 6.07) is 6.96. The smallest absolute Gasteiger partial charge is 0.126 e. The summed E-state index contributed by atoms with van der Waals surface area (Å²) in [5.74, 6) is 1.89. The Bertz CT molecular complexity index is 495. The van der Waals surface area contributed by atoms with Gasteiger partial charge in [-0.1, -0.05) is 26.8 Å². The minimum Gasteiger partial charge on any atom is -0.384 e. The number of nitrogens with two attached hydrogens (primary N) is 1. The van der Waals surface area contributed by atoms with E-state index in [4.69, 9.17) is 11.1 Å². The summed E-state index contributed by atoms with van der Waals surface area (Å²) >= 11 is 1.77. The van der Waals surface area contributed by atoms with E-state index in [2.05, 4.69) is 43.9 Å². The maximum atomic E-state index is 8.00. The minimum atomic E-state index is 0.191. The fourth-order valence-corrected chi connectivity index (χ4v) is 3.43. The topological polar surface area (TPSA) is 53.1 Å². The molecule has 1 aliphatic carbocycles. The number of hydrogen-bond donors (Lipinski definition) is 2. The lowest BCUT2D eigenvalue weighted by atomic mass is 10.1. The number of anilines is 1. The number of benzene rings is 1. The highest BCUT2D eigenvalue weighted by atomic mass is 32.2. The molecule has 1 saturated carbocycles. The molecule has 116 valence electrons. The third-order valence-corrected chi connectivity index (χ3v) is 4.76. The van der Waals surface area contributed by atoms with Gasteiger partial charge in [0.2, 0.25) is 0 Å². The second kappa shape index (κ2) is 7.21. The van der Waals surface area contributed by atoms with E-state index in [1.807, 2.05) is 0 Å². The van der Waals surface area contributed by atoms with Crippen LogP contribution in [0.25, 0.3) is 0 Å². The van der Waals surface area contributed by atoms with Gasteiger partial charge in [0.25, 0.3) is 0 Å². The van der Waals surface area contributed by atoms with Gasteiger partial charge in [0.05, 0.1) is 5.56 Å². The average molecular weight is 305 g/mol. The van der Waals surface area contributed by atoms with Crippen LogP contribution < -0.4 is 10.6 Å². The Morgan fingerprint density at radius 1 is 1.43 bits per heavy atom. The molecule has 0 aromatic heterocycles. The largest absolute Gasteiger partial charge is 0.384 e. The lowest BCUT2D eigenvalue weighted by Crippen LogP contribution is -2.30. The summed E-state index contributed by atoms with van der Waals surface area (Å²) in [5, 5.41) is 8.00. The Hall–Kier alpha value is -1.16.